The van der Waals surface area contributed by atoms with Gasteiger partial charge in [-0.2, -0.15) is 0 Å². The zero-order valence-electron chi connectivity index (χ0n) is 25.8. The van der Waals surface area contributed by atoms with Gasteiger partial charge in [0.1, 0.15) is 17.1 Å². The summed E-state index contributed by atoms with van der Waals surface area (Å²) in [7, 11) is 0. The Kier molecular flexibility index (Phi) is 12.3. The van der Waals surface area contributed by atoms with Crippen LogP contribution in [-0.2, 0) is 22.6 Å². The van der Waals surface area contributed by atoms with Crippen molar-refractivity contribution >= 4 is 24.2 Å². The minimum Gasteiger partial charge on any atom is -0.438 e. The molecule has 45 heavy (non-hydrogen) atoms. The van der Waals surface area contributed by atoms with Crippen molar-refractivity contribution in [2.24, 2.45) is 5.73 Å². The molecule has 3 aromatic rings. The molecule has 5 rings (SSSR count). The fraction of sp³-hybridized carbons (Fsp3) is 0.424. The first-order valence-corrected chi connectivity index (χ1v) is 15.1. The van der Waals surface area contributed by atoms with Crippen LogP contribution in [0.3, 0.4) is 0 Å². The average Bonchev–Trinajstić information content (AvgIpc) is 2.99. The lowest BCUT2D eigenvalue weighted by Gasteiger charge is -2.34. The van der Waals surface area contributed by atoms with Gasteiger partial charge >= 0.3 is 0 Å². The molecule has 3 N–H and O–H groups in total. The van der Waals surface area contributed by atoms with Crippen LogP contribution in [0.2, 0.25) is 0 Å². The van der Waals surface area contributed by atoms with Gasteiger partial charge in [0.15, 0.2) is 0 Å². The van der Waals surface area contributed by atoms with Crippen LogP contribution in [0.5, 0.6) is 11.6 Å². The van der Waals surface area contributed by atoms with E-state index in [0.717, 1.165) is 75.7 Å². The summed E-state index contributed by atoms with van der Waals surface area (Å²) < 4.78 is 25.2. The molecule has 3 heterocycles. The number of carbonyl (C=O) groups is 2. The number of carbonyl (C=O) groups excluding carboxylic acids is 2. The molecule has 0 atom stereocenters. The maximum Gasteiger partial charge on any atom is 0.254 e. The van der Waals surface area contributed by atoms with Gasteiger partial charge in [-0.05, 0) is 54.3 Å². The number of rotatable bonds is 11. The van der Waals surface area contributed by atoms with Crippen molar-refractivity contribution in [1.82, 2.24) is 25.0 Å². The fourth-order valence-corrected chi connectivity index (χ4v) is 5.62. The lowest BCUT2D eigenvalue weighted by atomic mass is 9.96. The Morgan fingerprint density at radius 2 is 1.69 bits per heavy atom. The summed E-state index contributed by atoms with van der Waals surface area (Å²) in [6, 6.07) is 15.3. The SMILES string of the molecule is CC(C)NC(=O)CN1CCN(Cc2ccc(-c3cccc(Oc4ncc(F)cc4C(N)=O)c3)c(CN3CCOCC3)c2)CC1.Cl. The van der Waals surface area contributed by atoms with E-state index in [0.29, 0.717) is 25.5 Å². The topological polar surface area (TPSA) is 113 Å². The van der Waals surface area contributed by atoms with E-state index in [1.165, 1.54) is 11.1 Å². The smallest absolute Gasteiger partial charge is 0.254 e. The number of morpholine rings is 1. The molecule has 0 saturated carbocycles. The number of benzene rings is 2. The second kappa shape index (κ2) is 16.1. The highest BCUT2D eigenvalue weighted by Crippen LogP contribution is 2.32. The van der Waals surface area contributed by atoms with E-state index in [2.05, 4.69) is 43.2 Å². The monoisotopic (exact) mass is 640 g/mol. The Balaban J connectivity index is 0.00000461. The van der Waals surface area contributed by atoms with E-state index in [1.807, 2.05) is 32.0 Å². The molecule has 2 aromatic carbocycles. The quantitative estimate of drug-likeness (QED) is 0.327. The van der Waals surface area contributed by atoms with Gasteiger partial charge in [0, 0.05) is 58.4 Å². The van der Waals surface area contributed by atoms with Gasteiger partial charge < -0.3 is 20.5 Å². The zero-order chi connectivity index (χ0) is 31.1. The minimum atomic E-state index is -0.815. The molecule has 1 aromatic heterocycles. The molecule has 10 nitrogen and oxygen atoms in total. The number of aromatic nitrogens is 1. The first-order valence-electron chi connectivity index (χ1n) is 15.1. The molecule has 0 bridgehead atoms. The number of ether oxygens (including phenoxy) is 2. The molecule has 0 unspecified atom stereocenters. The molecule has 2 aliphatic heterocycles. The van der Waals surface area contributed by atoms with Crippen LogP contribution in [0, 0.1) is 5.82 Å². The molecule has 2 amide bonds. The van der Waals surface area contributed by atoms with E-state index in [4.69, 9.17) is 15.2 Å². The van der Waals surface area contributed by atoms with Crippen molar-refractivity contribution in [2.45, 2.75) is 33.0 Å². The van der Waals surface area contributed by atoms with Gasteiger partial charge in [0.25, 0.3) is 5.91 Å². The third-order valence-electron chi connectivity index (χ3n) is 7.80. The van der Waals surface area contributed by atoms with Gasteiger partial charge in [0.05, 0.1) is 26.0 Å². The van der Waals surface area contributed by atoms with Crippen molar-refractivity contribution in [3.8, 4) is 22.8 Å². The molecule has 2 aliphatic rings. The molecule has 12 heteroatoms. The molecular formula is C33H42ClFN6O4. The largest absolute Gasteiger partial charge is 0.438 e. The van der Waals surface area contributed by atoms with E-state index in [9.17, 15) is 14.0 Å². The van der Waals surface area contributed by atoms with Gasteiger partial charge in [-0.15, -0.1) is 12.4 Å². The maximum absolute atomic E-state index is 13.7. The zero-order valence-corrected chi connectivity index (χ0v) is 26.7. The van der Waals surface area contributed by atoms with Crippen LogP contribution in [-0.4, -0.2) is 96.6 Å². The number of nitrogens with two attached hydrogens (primary N) is 1. The molecule has 2 fully saturated rings. The number of hydrogen-bond acceptors (Lipinski definition) is 8. The molecule has 0 radical (unpaired) electrons. The normalized spacial score (nSPS) is 16.3. The van der Waals surface area contributed by atoms with E-state index < -0.39 is 11.7 Å². The van der Waals surface area contributed by atoms with E-state index in [1.54, 1.807) is 6.07 Å². The first-order chi connectivity index (χ1) is 21.2. The number of piperazine rings is 1. The summed E-state index contributed by atoms with van der Waals surface area (Å²) in [5.41, 5.74) is 9.77. The highest BCUT2D eigenvalue weighted by molar-refractivity contribution is 5.95. The minimum absolute atomic E-state index is 0. The Hall–Kier alpha value is -3.61. The van der Waals surface area contributed by atoms with Gasteiger partial charge in [0.2, 0.25) is 11.8 Å². The highest BCUT2D eigenvalue weighted by Gasteiger charge is 2.21. The van der Waals surface area contributed by atoms with Crippen LogP contribution in [0.4, 0.5) is 4.39 Å². The van der Waals surface area contributed by atoms with Crippen molar-refractivity contribution in [1.29, 1.82) is 0 Å². The molecule has 2 saturated heterocycles. The van der Waals surface area contributed by atoms with Gasteiger partial charge in [-0.3, -0.25) is 24.3 Å². The summed E-state index contributed by atoms with van der Waals surface area (Å²) in [6.07, 6.45) is 0.994. The molecule has 0 spiro atoms. The van der Waals surface area contributed by atoms with Crippen molar-refractivity contribution < 1.29 is 23.5 Å². The van der Waals surface area contributed by atoms with Crippen LogP contribution >= 0.6 is 12.4 Å². The van der Waals surface area contributed by atoms with Crippen molar-refractivity contribution in [3.63, 3.8) is 0 Å². The second-order valence-corrected chi connectivity index (χ2v) is 11.7. The number of halogens is 2. The lowest BCUT2D eigenvalue weighted by molar-refractivity contribution is -0.123. The maximum atomic E-state index is 13.7. The van der Waals surface area contributed by atoms with E-state index in [-0.39, 0.29) is 35.8 Å². The third-order valence-corrected chi connectivity index (χ3v) is 7.80. The molecular weight excluding hydrogens is 599 g/mol. The number of primary amides is 1. The summed E-state index contributed by atoms with van der Waals surface area (Å²) >= 11 is 0. The lowest BCUT2D eigenvalue weighted by Crippen LogP contribution is -2.49. The van der Waals surface area contributed by atoms with Crippen molar-refractivity contribution in [2.75, 3.05) is 59.0 Å². The van der Waals surface area contributed by atoms with Gasteiger partial charge in [-0.25, -0.2) is 9.37 Å². The van der Waals surface area contributed by atoms with Crippen LogP contribution in [0.25, 0.3) is 11.1 Å². The summed E-state index contributed by atoms with van der Waals surface area (Å²) in [6.45, 7) is 12.7. The summed E-state index contributed by atoms with van der Waals surface area (Å²) in [5, 5.41) is 2.97. The Morgan fingerprint density at radius 1 is 0.978 bits per heavy atom. The number of amides is 2. The molecule has 0 aliphatic carbocycles. The van der Waals surface area contributed by atoms with Crippen LogP contribution in [0.1, 0.15) is 35.3 Å². The number of pyridine rings is 1. The van der Waals surface area contributed by atoms with Crippen molar-refractivity contribution in [3.05, 3.63) is 77.2 Å². The number of hydrogen-bond donors (Lipinski definition) is 2. The first kappa shape index (κ1) is 34.3. The van der Waals surface area contributed by atoms with Gasteiger partial charge in [-0.1, -0.05) is 30.3 Å². The standard InChI is InChI=1S/C33H41FN6O4.ClH/c1-23(2)37-31(41)22-39-10-8-38(9-11-39)20-24-6-7-29(26(16-24)21-40-12-14-43-15-13-40)25-4-3-5-28(17-25)44-33-30(32(35)42)18-27(34)19-36-33;/h3-7,16-19,23H,8-15,20-22H2,1-2H3,(H2,35,42)(H,37,41);1H. The third kappa shape index (κ3) is 9.69. The summed E-state index contributed by atoms with van der Waals surface area (Å²) in [4.78, 5) is 35.0. The second-order valence-electron chi connectivity index (χ2n) is 11.7. The Morgan fingerprint density at radius 3 is 2.40 bits per heavy atom. The predicted octanol–water partition coefficient (Wildman–Crippen LogP) is 3.68. The number of nitrogens with one attached hydrogen (secondary N) is 1. The average molecular weight is 641 g/mol. The van der Waals surface area contributed by atoms with Crippen LogP contribution < -0.4 is 15.8 Å². The number of nitrogens with zero attached hydrogens (tertiary/aromatic N) is 4. The Bertz CT molecular complexity index is 1460. The summed E-state index contributed by atoms with van der Waals surface area (Å²) in [5.74, 6) is -0.979. The highest BCUT2D eigenvalue weighted by atomic mass is 35.5. The Labute approximate surface area is 270 Å². The molecule has 242 valence electrons. The fourth-order valence-electron chi connectivity index (χ4n) is 5.62. The van der Waals surface area contributed by atoms with E-state index >= 15 is 0 Å². The predicted molar refractivity (Wildman–Crippen MR) is 173 cm³/mol. The van der Waals surface area contributed by atoms with Crippen LogP contribution in [0.15, 0.2) is 54.7 Å².